The summed E-state index contributed by atoms with van der Waals surface area (Å²) in [6.45, 7) is 1.15. The second-order valence-corrected chi connectivity index (χ2v) is 18.5. The normalized spacial score (nSPS) is 10.8. The van der Waals surface area contributed by atoms with Crippen molar-refractivity contribution in [1.82, 2.24) is 20.6 Å². The van der Waals surface area contributed by atoms with Gasteiger partial charge in [0.2, 0.25) is 0 Å². The first kappa shape index (κ1) is 53.0. The zero-order valence-corrected chi connectivity index (χ0v) is 42.6. The molecule has 2 heterocycles. The number of phenolic OH excluding ortho intramolecular Hbond substituents is 2. The number of fused-ring (bicyclic) bond motifs is 2. The number of anilines is 2. The minimum Gasteiger partial charge on any atom is -0.508 e. The number of ether oxygens (including phenoxy) is 2. The Balaban J connectivity index is 0.000000190. The van der Waals surface area contributed by atoms with Crippen molar-refractivity contribution in [3.8, 4) is 23.0 Å². The standard InChI is InChI=1S/C31H26ClN3O4.C31H26FN3O4/c2*32-24-10-5-21(6-11-24)19-33-30(37)23-9-14-27(29(18-23)39-16-15-20-7-12-25(36)13-8-20)35-31(38)28-17-22-3-1-2-4-26(22)34-28/h2*1-14,17-18,34,36H,15-16,19H2,(H,33,37)(H,35,38). The summed E-state index contributed by atoms with van der Waals surface area (Å²) < 4.78 is 25.2. The molecule has 78 heavy (non-hydrogen) atoms. The number of hydrogen-bond acceptors (Lipinski definition) is 8. The second-order valence-electron chi connectivity index (χ2n) is 18.0. The molecule has 0 aliphatic rings. The van der Waals surface area contributed by atoms with Gasteiger partial charge in [0.25, 0.3) is 23.6 Å². The van der Waals surface area contributed by atoms with Crippen LogP contribution in [0.2, 0.25) is 5.02 Å². The first-order valence-corrected chi connectivity index (χ1v) is 25.2. The molecule has 8 aromatic carbocycles. The third kappa shape index (κ3) is 14.3. The van der Waals surface area contributed by atoms with E-state index in [9.17, 15) is 33.8 Å². The SMILES string of the molecule is O=C(NCc1ccc(Cl)cc1)c1ccc(NC(=O)c2cc3ccccc3[nH]2)c(OCCc2ccc(O)cc2)c1.O=C(NCc1ccc(F)cc1)c1ccc(NC(=O)c2cc3ccccc3[nH]2)c(OCCc2ccc(O)cc2)c1. The Bertz CT molecular complexity index is 3400. The van der Waals surface area contributed by atoms with Crippen molar-refractivity contribution in [2.24, 2.45) is 0 Å². The quantitative estimate of drug-likeness (QED) is 0.0414. The summed E-state index contributed by atoms with van der Waals surface area (Å²) in [6.07, 6.45) is 1.12. The minimum absolute atomic E-state index is 0.181. The molecule has 392 valence electrons. The molecule has 0 radical (unpaired) electrons. The number of aromatic nitrogens is 2. The highest BCUT2D eigenvalue weighted by Gasteiger charge is 2.18. The first-order chi connectivity index (χ1) is 37.9. The Labute approximate surface area is 452 Å². The van der Waals surface area contributed by atoms with E-state index in [0.717, 1.165) is 44.1 Å². The predicted molar refractivity (Wildman–Crippen MR) is 300 cm³/mol. The number of halogens is 2. The van der Waals surface area contributed by atoms with Crippen LogP contribution in [0.15, 0.2) is 194 Å². The second kappa shape index (κ2) is 25.1. The minimum atomic E-state index is -0.344. The number of carbonyl (C=O) groups excluding carboxylic acids is 4. The van der Waals surface area contributed by atoms with Crippen LogP contribution in [-0.2, 0) is 25.9 Å². The molecule has 4 amide bonds. The first-order valence-electron chi connectivity index (χ1n) is 24.8. The van der Waals surface area contributed by atoms with Crippen molar-refractivity contribution in [2.75, 3.05) is 23.8 Å². The number of amides is 4. The molecule has 0 saturated carbocycles. The molecule has 16 heteroatoms. The van der Waals surface area contributed by atoms with Crippen LogP contribution in [0.5, 0.6) is 23.0 Å². The molecule has 8 N–H and O–H groups in total. The molecule has 0 spiro atoms. The Kier molecular flexibility index (Phi) is 17.1. The monoisotopic (exact) mass is 1060 g/mol. The van der Waals surface area contributed by atoms with Crippen LogP contribution in [-0.4, -0.2) is 57.0 Å². The molecule has 10 aromatic rings. The highest BCUT2D eigenvalue weighted by molar-refractivity contribution is 6.30. The fourth-order valence-electron chi connectivity index (χ4n) is 8.20. The molecule has 14 nitrogen and oxygen atoms in total. The largest absolute Gasteiger partial charge is 0.508 e. The zero-order chi connectivity index (χ0) is 54.4. The molecule has 0 unspecified atom stereocenters. The summed E-state index contributed by atoms with van der Waals surface area (Å²) in [5.74, 6) is -0.537. The van der Waals surface area contributed by atoms with Gasteiger partial charge in [-0.1, -0.05) is 96.5 Å². The number of H-pyrrole nitrogens is 2. The number of carbonyl (C=O) groups is 4. The van der Waals surface area contributed by atoms with E-state index in [-0.39, 0.29) is 54.1 Å². The van der Waals surface area contributed by atoms with Gasteiger partial charge < -0.3 is 50.9 Å². The summed E-state index contributed by atoms with van der Waals surface area (Å²) in [4.78, 5) is 58.1. The van der Waals surface area contributed by atoms with Gasteiger partial charge in [-0.15, -0.1) is 0 Å². The molecule has 0 fully saturated rings. The van der Waals surface area contributed by atoms with E-state index >= 15 is 0 Å². The zero-order valence-electron chi connectivity index (χ0n) is 41.8. The van der Waals surface area contributed by atoms with Gasteiger partial charge in [-0.2, -0.15) is 0 Å². The van der Waals surface area contributed by atoms with Gasteiger partial charge in [0.1, 0.15) is 40.2 Å². The lowest BCUT2D eigenvalue weighted by molar-refractivity contribution is 0.0942. The molecule has 10 rings (SSSR count). The van der Waals surface area contributed by atoms with E-state index < -0.39 is 0 Å². The Morgan fingerprint density at radius 1 is 0.462 bits per heavy atom. The maximum atomic E-state index is 13.2. The van der Waals surface area contributed by atoms with E-state index in [1.165, 1.54) is 12.1 Å². The average Bonchev–Trinajstić information content (AvgIpc) is 4.12. The van der Waals surface area contributed by atoms with Crippen LogP contribution in [0.25, 0.3) is 21.8 Å². The van der Waals surface area contributed by atoms with Crippen molar-refractivity contribution in [2.45, 2.75) is 25.9 Å². The van der Waals surface area contributed by atoms with Crippen molar-refractivity contribution in [3.05, 3.63) is 250 Å². The number of benzene rings is 8. The van der Waals surface area contributed by atoms with Crippen LogP contribution < -0.4 is 30.7 Å². The maximum absolute atomic E-state index is 13.2. The third-order valence-corrected chi connectivity index (χ3v) is 12.7. The van der Waals surface area contributed by atoms with Gasteiger partial charge in [-0.25, -0.2) is 4.39 Å². The lowest BCUT2D eigenvalue weighted by Crippen LogP contribution is -2.23. The van der Waals surface area contributed by atoms with E-state index in [1.807, 2.05) is 72.8 Å². The van der Waals surface area contributed by atoms with E-state index in [2.05, 4.69) is 31.2 Å². The van der Waals surface area contributed by atoms with Gasteiger partial charge in [-0.05, 0) is 131 Å². The average molecular weight is 1060 g/mol. The Hall–Kier alpha value is -9.86. The van der Waals surface area contributed by atoms with Crippen molar-refractivity contribution in [1.29, 1.82) is 0 Å². The number of aromatic hydroxyl groups is 2. The Morgan fingerprint density at radius 2 is 0.859 bits per heavy atom. The van der Waals surface area contributed by atoms with E-state index in [0.29, 0.717) is 76.4 Å². The lowest BCUT2D eigenvalue weighted by atomic mass is 10.1. The van der Waals surface area contributed by atoms with Gasteiger partial charge >= 0.3 is 0 Å². The highest BCUT2D eigenvalue weighted by atomic mass is 35.5. The number of rotatable bonds is 18. The van der Waals surface area contributed by atoms with Crippen LogP contribution in [0, 0.1) is 5.82 Å². The fraction of sp³-hybridized carbons (Fsp3) is 0.0968. The highest BCUT2D eigenvalue weighted by Crippen LogP contribution is 2.30. The molecule has 0 aliphatic carbocycles. The summed E-state index contributed by atoms with van der Waals surface area (Å²) in [5.41, 5.74) is 7.74. The van der Waals surface area contributed by atoms with Crippen molar-refractivity contribution >= 4 is 68.4 Å². The molecular formula is C62H52ClFN6O8. The van der Waals surface area contributed by atoms with Crippen LogP contribution in [0.4, 0.5) is 15.8 Å². The molecule has 0 atom stereocenters. The molecule has 0 saturated heterocycles. The lowest BCUT2D eigenvalue weighted by Gasteiger charge is -2.14. The van der Waals surface area contributed by atoms with Crippen LogP contribution >= 0.6 is 11.6 Å². The third-order valence-electron chi connectivity index (χ3n) is 12.4. The van der Waals surface area contributed by atoms with E-state index in [1.54, 1.807) is 109 Å². The molecule has 0 bridgehead atoms. The molecule has 2 aromatic heterocycles. The number of phenols is 2. The molecular weight excluding hydrogens is 1010 g/mol. The molecule has 0 aliphatic heterocycles. The summed E-state index contributed by atoms with van der Waals surface area (Å²) in [7, 11) is 0. The fourth-order valence-corrected chi connectivity index (χ4v) is 8.33. The van der Waals surface area contributed by atoms with Crippen LogP contribution in [0.3, 0.4) is 0 Å². The maximum Gasteiger partial charge on any atom is 0.272 e. The van der Waals surface area contributed by atoms with Crippen LogP contribution in [0.1, 0.15) is 63.9 Å². The number of nitrogens with one attached hydrogen (secondary N) is 6. The predicted octanol–water partition coefficient (Wildman–Crippen LogP) is 12.1. The summed E-state index contributed by atoms with van der Waals surface area (Å²) >= 11 is 5.94. The van der Waals surface area contributed by atoms with Crippen molar-refractivity contribution < 1.29 is 43.3 Å². The smallest absolute Gasteiger partial charge is 0.272 e. The summed E-state index contributed by atoms with van der Waals surface area (Å²) in [6, 6.07) is 55.4. The number of aromatic amines is 2. The topological polar surface area (TPSA) is 207 Å². The van der Waals surface area contributed by atoms with Gasteiger partial charge in [0, 0.05) is 63.9 Å². The van der Waals surface area contributed by atoms with Gasteiger partial charge in [-0.3, -0.25) is 19.2 Å². The van der Waals surface area contributed by atoms with Crippen molar-refractivity contribution in [3.63, 3.8) is 0 Å². The summed E-state index contributed by atoms with van der Waals surface area (Å²) in [5, 5.41) is 33.0. The number of hydrogen-bond donors (Lipinski definition) is 8. The Morgan fingerprint density at radius 3 is 1.28 bits per heavy atom. The number of para-hydroxylation sites is 2. The van der Waals surface area contributed by atoms with E-state index in [4.69, 9.17) is 21.1 Å². The van der Waals surface area contributed by atoms with Gasteiger partial charge in [0.05, 0.1) is 24.6 Å². The van der Waals surface area contributed by atoms with Gasteiger partial charge in [0.15, 0.2) is 0 Å².